The van der Waals surface area contributed by atoms with E-state index in [9.17, 15) is 9.59 Å². The molecule has 2 heterocycles. The molecule has 0 radical (unpaired) electrons. The summed E-state index contributed by atoms with van der Waals surface area (Å²) in [5.74, 6) is 0.412. The van der Waals surface area contributed by atoms with Gasteiger partial charge in [-0.3, -0.25) is 9.59 Å². The molecular formula is C17H22ClN3O2. The van der Waals surface area contributed by atoms with Crippen LogP contribution in [0, 0.1) is 5.92 Å². The summed E-state index contributed by atoms with van der Waals surface area (Å²) in [4.78, 5) is 28.7. The summed E-state index contributed by atoms with van der Waals surface area (Å²) in [7, 11) is 0. The van der Waals surface area contributed by atoms with Crippen molar-refractivity contribution in [2.24, 2.45) is 5.92 Å². The molecule has 2 amide bonds. The highest BCUT2D eigenvalue weighted by Gasteiger charge is 2.29. The van der Waals surface area contributed by atoms with Crippen LogP contribution in [0.2, 0.25) is 5.02 Å². The Labute approximate surface area is 141 Å². The first-order valence-corrected chi connectivity index (χ1v) is 8.57. The lowest BCUT2D eigenvalue weighted by atomic mass is 9.96. The van der Waals surface area contributed by atoms with Crippen LogP contribution in [0.5, 0.6) is 0 Å². The maximum Gasteiger partial charge on any atom is 0.253 e. The number of hydrogen-bond donors (Lipinski definition) is 1. The molecule has 2 aliphatic rings. The number of carbonyl (C=O) groups is 2. The molecule has 0 saturated carbocycles. The number of rotatable bonds is 2. The van der Waals surface area contributed by atoms with E-state index in [-0.39, 0.29) is 17.7 Å². The summed E-state index contributed by atoms with van der Waals surface area (Å²) in [6.45, 7) is 4.29. The third kappa shape index (κ3) is 3.85. The molecule has 3 rings (SSSR count). The Hall–Kier alpha value is -1.59. The normalized spacial score (nSPS) is 19.7. The topological polar surface area (TPSA) is 52.7 Å². The van der Waals surface area contributed by atoms with E-state index in [1.54, 1.807) is 24.3 Å². The number of amides is 2. The van der Waals surface area contributed by atoms with Crippen molar-refractivity contribution >= 4 is 23.4 Å². The van der Waals surface area contributed by atoms with E-state index in [0.29, 0.717) is 36.8 Å². The molecule has 2 saturated heterocycles. The van der Waals surface area contributed by atoms with Crippen LogP contribution < -0.4 is 5.32 Å². The second-order valence-corrected chi connectivity index (χ2v) is 6.59. The monoisotopic (exact) mass is 335 g/mol. The van der Waals surface area contributed by atoms with Crippen molar-refractivity contribution in [1.29, 1.82) is 0 Å². The highest BCUT2D eigenvalue weighted by Crippen LogP contribution is 2.18. The number of hydrogen-bond acceptors (Lipinski definition) is 3. The largest absolute Gasteiger partial charge is 0.339 e. The summed E-state index contributed by atoms with van der Waals surface area (Å²) >= 11 is 5.86. The number of piperidine rings is 1. The summed E-state index contributed by atoms with van der Waals surface area (Å²) < 4.78 is 0. The molecule has 0 spiro atoms. The number of nitrogens with one attached hydrogen (secondary N) is 1. The van der Waals surface area contributed by atoms with E-state index in [1.165, 1.54) is 0 Å². The van der Waals surface area contributed by atoms with Gasteiger partial charge in [0.25, 0.3) is 5.91 Å². The van der Waals surface area contributed by atoms with Gasteiger partial charge in [-0.15, -0.1) is 0 Å². The van der Waals surface area contributed by atoms with Crippen LogP contribution >= 0.6 is 11.6 Å². The molecule has 2 aliphatic heterocycles. The van der Waals surface area contributed by atoms with Crippen LogP contribution in [-0.4, -0.2) is 60.9 Å². The zero-order valence-corrected chi connectivity index (χ0v) is 13.9. The van der Waals surface area contributed by atoms with E-state index >= 15 is 0 Å². The van der Waals surface area contributed by atoms with Crippen molar-refractivity contribution in [2.45, 2.75) is 12.8 Å². The summed E-state index contributed by atoms with van der Waals surface area (Å²) in [6, 6.07) is 6.95. The number of piperazine rings is 1. The third-order valence-electron chi connectivity index (χ3n) is 4.66. The highest BCUT2D eigenvalue weighted by atomic mass is 35.5. The van der Waals surface area contributed by atoms with Crippen molar-refractivity contribution in [2.75, 3.05) is 39.3 Å². The Morgan fingerprint density at radius 3 is 2.13 bits per heavy atom. The number of halogens is 1. The van der Waals surface area contributed by atoms with Crippen LogP contribution in [0.25, 0.3) is 0 Å². The van der Waals surface area contributed by atoms with Crippen molar-refractivity contribution in [1.82, 2.24) is 15.1 Å². The van der Waals surface area contributed by atoms with Crippen LogP contribution in [0.15, 0.2) is 24.3 Å². The average molecular weight is 336 g/mol. The molecule has 0 unspecified atom stereocenters. The van der Waals surface area contributed by atoms with Crippen LogP contribution in [0.4, 0.5) is 0 Å². The van der Waals surface area contributed by atoms with E-state index in [0.717, 1.165) is 25.9 Å². The van der Waals surface area contributed by atoms with Crippen molar-refractivity contribution in [3.8, 4) is 0 Å². The molecule has 1 aromatic carbocycles. The minimum Gasteiger partial charge on any atom is -0.339 e. The first-order valence-electron chi connectivity index (χ1n) is 8.19. The zero-order valence-electron chi connectivity index (χ0n) is 13.1. The number of benzene rings is 1. The quantitative estimate of drug-likeness (QED) is 0.893. The van der Waals surface area contributed by atoms with Crippen molar-refractivity contribution in [3.63, 3.8) is 0 Å². The third-order valence-corrected chi connectivity index (χ3v) is 4.91. The first-order chi connectivity index (χ1) is 11.1. The predicted molar refractivity (Wildman–Crippen MR) is 89.5 cm³/mol. The zero-order chi connectivity index (χ0) is 16.2. The Bertz CT molecular complexity index is 562. The van der Waals surface area contributed by atoms with Crippen LogP contribution in [0.3, 0.4) is 0 Å². The molecule has 6 heteroatoms. The second-order valence-electron chi connectivity index (χ2n) is 6.15. The lowest BCUT2D eigenvalue weighted by molar-refractivity contribution is -0.137. The highest BCUT2D eigenvalue weighted by molar-refractivity contribution is 6.30. The Morgan fingerprint density at radius 2 is 1.52 bits per heavy atom. The molecule has 23 heavy (non-hydrogen) atoms. The SMILES string of the molecule is O=C(c1ccc(Cl)cc1)N1CCN(C(=O)C2CCNCC2)CC1. The fourth-order valence-electron chi connectivity index (χ4n) is 3.23. The summed E-state index contributed by atoms with van der Waals surface area (Å²) in [5, 5.41) is 3.91. The standard InChI is InChI=1S/C17H22ClN3O2/c18-15-3-1-13(2-4-15)16(22)20-9-11-21(12-10-20)17(23)14-5-7-19-8-6-14/h1-4,14,19H,5-12H2. The van der Waals surface area contributed by atoms with Gasteiger partial charge in [-0.05, 0) is 50.2 Å². The molecule has 0 bridgehead atoms. The van der Waals surface area contributed by atoms with Gasteiger partial charge in [-0.2, -0.15) is 0 Å². The summed E-state index contributed by atoms with van der Waals surface area (Å²) in [5.41, 5.74) is 0.646. The smallest absolute Gasteiger partial charge is 0.253 e. The molecule has 2 fully saturated rings. The van der Waals surface area contributed by atoms with Gasteiger partial charge < -0.3 is 15.1 Å². The van der Waals surface area contributed by atoms with Crippen LogP contribution in [0.1, 0.15) is 23.2 Å². The minimum absolute atomic E-state index is 0.00984. The second kappa shape index (κ2) is 7.32. The van der Waals surface area contributed by atoms with E-state index in [2.05, 4.69) is 5.32 Å². The fourth-order valence-corrected chi connectivity index (χ4v) is 3.36. The fraction of sp³-hybridized carbons (Fsp3) is 0.529. The molecule has 1 aromatic rings. The molecule has 0 aromatic heterocycles. The predicted octanol–water partition coefficient (Wildman–Crippen LogP) is 1.62. The van der Waals surface area contributed by atoms with Gasteiger partial charge in [0.2, 0.25) is 5.91 Å². The lowest BCUT2D eigenvalue weighted by Gasteiger charge is -2.37. The van der Waals surface area contributed by atoms with Crippen molar-refractivity contribution in [3.05, 3.63) is 34.9 Å². The number of nitrogens with zero attached hydrogens (tertiary/aromatic N) is 2. The van der Waals surface area contributed by atoms with Gasteiger partial charge >= 0.3 is 0 Å². The van der Waals surface area contributed by atoms with Gasteiger partial charge in [-0.25, -0.2) is 0 Å². The maximum atomic E-state index is 12.5. The Kier molecular flexibility index (Phi) is 5.18. The van der Waals surface area contributed by atoms with E-state index < -0.39 is 0 Å². The van der Waals surface area contributed by atoms with Gasteiger partial charge in [0, 0.05) is 42.7 Å². The van der Waals surface area contributed by atoms with Gasteiger partial charge in [0.05, 0.1) is 0 Å². The van der Waals surface area contributed by atoms with Gasteiger partial charge in [0.15, 0.2) is 0 Å². The van der Waals surface area contributed by atoms with Gasteiger partial charge in [-0.1, -0.05) is 11.6 Å². The maximum absolute atomic E-state index is 12.5. The van der Waals surface area contributed by atoms with E-state index in [1.807, 2.05) is 9.80 Å². The molecule has 0 aliphatic carbocycles. The first kappa shape index (κ1) is 16.3. The number of carbonyl (C=O) groups excluding carboxylic acids is 2. The lowest BCUT2D eigenvalue weighted by Crippen LogP contribution is -2.52. The minimum atomic E-state index is 0.00984. The molecular weight excluding hydrogens is 314 g/mol. The summed E-state index contributed by atoms with van der Waals surface area (Å²) in [6.07, 6.45) is 1.84. The van der Waals surface area contributed by atoms with Crippen LogP contribution in [-0.2, 0) is 4.79 Å². The molecule has 5 nitrogen and oxygen atoms in total. The molecule has 124 valence electrons. The Morgan fingerprint density at radius 1 is 0.957 bits per heavy atom. The van der Waals surface area contributed by atoms with Gasteiger partial charge in [0.1, 0.15) is 0 Å². The van der Waals surface area contributed by atoms with Crippen molar-refractivity contribution < 1.29 is 9.59 Å². The van der Waals surface area contributed by atoms with E-state index in [4.69, 9.17) is 11.6 Å². The Balaban J connectivity index is 1.54. The molecule has 0 atom stereocenters. The molecule has 1 N–H and O–H groups in total. The average Bonchev–Trinajstić information content (AvgIpc) is 2.62.